The monoisotopic (exact) mass is 434 g/mol. The van der Waals surface area contributed by atoms with E-state index in [0.29, 0.717) is 29.6 Å². The Hall–Kier alpha value is -2.99. The number of benzene rings is 1. The number of aromatic nitrogens is 2. The lowest BCUT2D eigenvalue weighted by Gasteiger charge is -2.07. The average Bonchev–Trinajstić information content (AvgIpc) is 3.09. The van der Waals surface area contributed by atoms with Crippen LogP contribution in [0.25, 0.3) is 10.9 Å². The number of nitrogens with zero attached hydrogens (tertiary/aromatic N) is 1. The molecule has 4 rings (SSSR count). The number of hydrogen-bond acceptors (Lipinski definition) is 4. The van der Waals surface area contributed by atoms with Crippen LogP contribution in [0.4, 0.5) is 0 Å². The molecule has 1 aromatic carbocycles. The first-order valence-corrected chi connectivity index (χ1v) is 11.3. The normalized spacial score (nSPS) is 18.5. The van der Waals surface area contributed by atoms with Crippen LogP contribution in [0.15, 0.2) is 42.6 Å². The van der Waals surface area contributed by atoms with E-state index < -0.39 is 0 Å². The van der Waals surface area contributed by atoms with E-state index >= 15 is 0 Å². The van der Waals surface area contributed by atoms with Gasteiger partial charge in [0.05, 0.1) is 0 Å². The van der Waals surface area contributed by atoms with Crippen molar-refractivity contribution in [3.05, 3.63) is 65.1 Å². The summed E-state index contributed by atoms with van der Waals surface area (Å²) in [7, 11) is 2.06. The minimum absolute atomic E-state index is 0.266. The number of aromatic amines is 1. The number of rotatable bonds is 7. The van der Waals surface area contributed by atoms with Crippen LogP contribution in [0.2, 0.25) is 0 Å². The standard InChI is InChI=1S/C18H17N3O2.C8H17N/c1-2-19-18(23)17-9-12(11-22)8-14(21-17)10-13-4-3-5-16-15(13)6-7-20-16;1-5-6-7(9-4)8(6,2)3/h3-9,11,20H,2,10H2,1H3,(H,19,23);6-7,9H,5H2,1-4H3. The molecule has 0 spiro atoms. The molecule has 0 bridgehead atoms. The van der Waals surface area contributed by atoms with E-state index in [-0.39, 0.29) is 11.6 Å². The number of fused-ring (bicyclic) bond motifs is 1. The maximum Gasteiger partial charge on any atom is 0.269 e. The number of pyridine rings is 1. The summed E-state index contributed by atoms with van der Waals surface area (Å²) >= 11 is 0. The first kappa shape index (κ1) is 23.7. The molecule has 0 saturated heterocycles. The SMILES string of the molecule is CCC1C(NC)C1(C)C.CCNC(=O)c1cc(C=O)cc(Cc2cccc3[nH]ccc23)n1. The highest BCUT2D eigenvalue weighted by Gasteiger charge is 2.55. The summed E-state index contributed by atoms with van der Waals surface area (Å²) in [6.07, 6.45) is 4.51. The van der Waals surface area contributed by atoms with Crippen LogP contribution in [-0.2, 0) is 6.42 Å². The van der Waals surface area contributed by atoms with Crippen molar-refractivity contribution < 1.29 is 9.59 Å². The van der Waals surface area contributed by atoms with E-state index in [1.54, 1.807) is 6.07 Å². The van der Waals surface area contributed by atoms with E-state index in [2.05, 4.69) is 48.4 Å². The Bertz CT molecular complexity index is 1070. The summed E-state index contributed by atoms with van der Waals surface area (Å²) in [5.41, 5.74) is 4.15. The van der Waals surface area contributed by atoms with Gasteiger partial charge in [0, 0.05) is 47.4 Å². The first-order chi connectivity index (χ1) is 15.3. The van der Waals surface area contributed by atoms with Crippen LogP contribution >= 0.6 is 0 Å². The van der Waals surface area contributed by atoms with Crippen molar-refractivity contribution in [3.63, 3.8) is 0 Å². The molecule has 6 heteroatoms. The second-order valence-corrected chi connectivity index (χ2v) is 8.89. The van der Waals surface area contributed by atoms with Crippen LogP contribution in [0.5, 0.6) is 0 Å². The molecule has 2 heterocycles. The van der Waals surface area contributed by atoms with Crippen molar-refractivity contribution in [1.82, 2.24) is 20.6 Å². The zero-order valence-corrected chi connectivity index (χ0v) is 19.7. The first-order valence-electron chi connectivity index (χ1n) is 11.3. The molecule has 6 nitrogen and oxygen atoms in total. The molecule has 1 fully saturated rings. The number of aldehydes is 1. The molecule has 2 atom stereocenters. The fraction of sp³-hybridized carbons (Fsp3) is 0.423. The second kappa shape index (κ2) is 10.1. The van der Waals surface area contributed by atoms with Gasteiger partial charge in [-0.25, -0.2) is 4.98 Å². The highest BCUT2D eigenvalue weighted by atomic mass is 16.1. The van der Waals surface area contributed by atoms with Crippen LogP contribution in [0.1, 0.15) is 66.2 Å². The van der Waals surface area contributed by atoms with E-state index in [1.807, 2.05) is 37.4 Å². The molecule has 0 radical (unpaired) electrons. The predicted octanol–water partition coefficient (Wildman–Crippen LogP) is 4.36. The zero-order valence-electron chi connectivity index (χ0n) is 19.7. The third-order valence-electron chi connectivity index (χ3n) is 6.46. The van der Waals surface area contributed by atoms with Crippen molar-refractivity contribution in [2.45, 2.75) is 46.6 Å². The molecular weight excluding hydrogens is 400 g/mol. The van der Waals surface area contributed by atoms with Crippen molar-refractivity contribution in [2.75, 3.05) is 13.6 Å². The molecule has 2 unspecified atom stereocenters. The summed E-state index contributed by atoms with van der Waals surface area (Å²) < 4.78 is 0. The van der Waals surface area contributed by atoms with Gasteiger partial charge in [-0.2, -0.15) is 0 Å². The minimum atomic E-state index is -0.266. The number of carbonyl (C=O) groups is 2. The average molecular weight is 435 g/mol. The van der Waals surface area contributed by atoms with Gasteiger partial charge in [0.1, 0.15) is 12.0 Å². The van der Waals surface area contributed by atoms with Gasteiger partial charge in [-0.15, -0.1) is 0 Å². The molecule has 3 aromatic rings. The number of amides is 1. The Balaban J connectivity index is 0.000000269. The molecule has 1 aliphatic carbocycles. The summed E-state index contributed by atoms with van der Waals surface area (Å²) in [6.45, 7) is 9.30. The molecule has 1 amide bonds. The molecule has 1 aliphatic rings. The molecular formula is C26H34N4O2. The van der Waals surface area contributed by atoms with Crippen molar-refractivity contribution in [2.24, 2.45) is 11.3 Å². The van der Waals surface area contributed by atoms with Gasteiger partial charge in [-0.1, -0.05) is 39.3 Å². The summed E-state index contributed by atoms with van der Waals surface area (Å²) in [6, 6.07) is 12.0. The van der Waals surface area contributed by atoms with E-state index in [9.17, 15) is 9.59 Å². The Morgan fingerprint density at radius 2 is 2.00 bits per heavy atom. The van der Waals surface area contributed by atoms with E-state index in [0.717, 1.165) is 34.7 Å². The third-order valence-corrected chi connectivity index (χ3v) is 6.46. The van der Waals surface area contributed by atoms with Crippen LogP contribution < -0.4 is 10.6 Å². The molecule has 1 saturated carbocycles. The highest BCUT2D eigenvalue weighted by molar-refractivity contribution is 5.94. The predicted molar refractivity (Wildman–Crippen MR) is 129 cm³/mol. The van der Waals surface area contributed by atoms with Gasteiger partial charge in [0.25, 0.3) is 5.91 Å². The minimum Gasteiger partial charge on any atom is -0.361 e. The van der Waals surface area contributed by atoms with Gasteiger partial charge >= 0.3 is 0 Å². The van der Waals surface area contributed by atoms with Crippen LogP contribution in [-0.4, -0.2) is 41.8 Å². The molecule has 170 valence electrons. The number of nitrogens with one attached hydrogen (secondary N) is 3. The number of carbonyl (C=O) groups excluding carboxylic acids is 2. The van der Waals surface area contributed by atoms with Gasteiger partial charge in [0.15, 0.2) is 0 Å². The fourth-order valence-corrected chi connectivity index (χ4v) is 4.72. The highest BCUT2D eigenvalue weighted by Crippen LogP contribution is 2.53. The smallest absolute Gasteiger partial charge is 0.269 e. The third kappa shape index (κ3) is 5.07. The fourth-order valence-electron chi connectivity index (χ4n) is 4.72. The Labute approximate surface area is 190 Å². The van der Waals surface area contributed by atoms with Crippen LogP contribution in [0.3, 0.4) is 0 Å². The van der Waals surface area contributed by atoms with Gasteiger partial charge < -0.3 is 15.6 Å². The van der Waals surface area contributed by atoms with Crippen molar-refractivity contribution in [3.8, 4) is 0 Å². The zero-order chi connectivity index (χ0) is 23.3. The van der Waals surface area contributed by atoms with E-state index in [4.69, 9.17) is 0 Å². The number of H-pyrrole nitrogens is 1. The van der Waals surface area contributed by atoms with Gasteiger partial charge in [0.2, 0.25) is 0 Å². The second-order valence-electron chi connectivity index (χ2n) is 8.89. The molecule has 32 heavy (non-hydrogen) atoms. The van der Waals surface area contributed by atoms with E-state index in [1.165, 1.54) is 12.5 Å². The maximum atomic E-state index is 12.0. The quantitative estimate of drug-likeness (QED) is 0.482. The van der Waals surface area contributed by atoms with Crippen molar-refractivity contribution in [1.29, 1.82) is 0 Å². The lowest BCUT2D eigenvalue weighted by atomic mass is 10.0. The number of hydrogen-bond donors (Lipinski definition) is 3. The summed E-state index contributed by atoms with van der Waals surface area (Å²) in [4.78, 5) is 30.7. The maximum absolute atomic E-state index is 12.0. The Kier molecular flexibility index (Phi) is 7.46. The van der Waals surface area contributed by atoms with Crippen LogP contribution in [0, 0.1) is 11.3 Å². The topological polar surface area (TPSA) is 86.9 Å². The van der Waals surface area contributed by atoms with Gasteiger partial charge in [-0.05, 0) is 55.1 Å². The lowest BCUT2D eigenvalue weighted by molar-refractivity contribution is 0.0950. The van der Waals surface area contributed by atoms with Gasteiger partial charge in [-0.3, -0.25) is 9.59 Å². The summed E-state index contributed by atoms with van der Waals surface area (Å²) in [5.74, 6) is 0.653. The lowest BCUT2D eigenvalue weighted by Crippen LogP contribution is -2.24. The van der Waals surface area contributed by atoms with Crippen molar-refractivity contribution >= 4 is 23.1 Å². The Morgan fingerprint density at radius 1 is 1.22 bits per heavy atom. The molecule has 3 N–H and O–H groups in total. The molecule has 0 aliphatic heterocycles. The molecule has 2 aromatic heterocycles. The summed E-state index contributed by atoms with van der Waals surface area (Å²) in [5, 5.41) is 7.15. The Morgan fingerprint density at radius 3 is 2.59 bits per heavy atom. The largest absolute Gasteiger partial charge is 0.361 e.